The van der Waals surface area contributed by atoms with Crippen molar-refractivity contribution in [2.75, 3.05) is 24.2 Å². The average molecular weight is 682 g/mol. The number of carbonyl (C=O) groups excluding carboxylic acids is 1. The molecule has 2 aromatic carbocycles. The van der Waals surface area contributed by atoms with Gasteiger partial charge in [-0.1, -0.05) is 18.2 Å². The number of hydrogen-bond acceptors (Lipinski definition) is 6. The number of rotatable bonds is 9. The van der Waals surface area contributed by atoms with Crippen LogP contribution in [0.15, 0.2) is 60.8 Å². The molecule has 4 N–H and O–H groups in total. The lowest BCUT2D eigenvalue weighted by molar-refractivity contribution is -0.137. The molecular weight excluding hydrogens is 649 g/mol. The minimum atomic E-state index is -4.71. The number of carboxylic acid groups (broad SMARTS) is 1. The molecule has 2 aliphatic heterocycles. The first-order valence-electron chi connectivity index (χ1n) is 14.8. The van der Waals surface area contributed by atoms with Gasteiger partial charge in [0.15, 0.2) is 0 Å². The van der Waals surface area contributed by atoms with Crippen LogP contribution in [0, 0.1) is 11.6 Å². The van der Waals surface area contributed by atoms with Crippen molar-refractivity contribution in [3.05, 3.63) is 94.8 Å². The summed E-state index contributed by atoms with van der Waals surface area (Å²) in [5.41, 5.74) is -0.998. The van der Waals surface area contributed by atoms with E-state index in [-0.39, 0.29) is 47.1 Å². The zero-order valence-electron chi connectivity index (χ0n) is 24.8. The first-order valence-corrected chi connectivity index (χ1v) is 16.4. The number of nitrogens with zero attached hydrogens (tertiary/aromatic N) is 2. The van der Waals surface area contributed by atoms with Crippen LogP contribution in [-0.2, 0) is 27.4 Å². The fourth-order valence-corrected chi connectivity index (χ4v) is 7.90. The van der Waals surface area contributed by atoms with Crippen LogP contribution in [0.3, 0.4) is 0 Å². The maximum absolute atomic E-state index is 15.2. The van der Waals surface area contributed by atoms with Gasteiger partial charge in [0.1, 0.15) is 17.7 Å². The summed E-state index contributed by atoms with van der Waals surface area (Å²) < 4.78 is 96.1. The lowest BCUT2D eigenvalue weighted by atomic mass is 9.87. The van der Waals surface area contributed by atoms with Crippen molar-refractivity contribution >= 4 is 27.7 Å². The van der Waals surface area contributed by atoms with Gasteiger partial charge in [-0.05, 0) is 67.6 Å². The standard InChI is InChI=1S/C31H32F5N5O5S/c32-20-9-6-18(7-10-20)27(26-13-8-19(15-38-26)31(34,35)36)28(40-30(43)44)29(42)39-25-5-1-4-24(33)23(25)12-11-22-16-37-21-3-2-14-47(45,46)41(22)17-21/h1,4-10,13,15,21-22,27-28,37,40H,2-3,11-12,14,16-17H2,(H,39,42)(H,43,44)/t21-,22+,27?,28?/m1/s1. The summed E-state index contributed by atoms with van der Waals surface area (Å²) >= 11 is 0. The Morgan fingerprint density at radius 1 is 1.09 bits per heavy atom. The van der Waals surface area contributed by atoms with E-state index >= 15 is 4.39 Å². The van der Waals surface area contributed by atoms with Crippen LogP contribution in [0.2, 0.25) is 0 Å². The van der Waals surface area contributed by atoms with E-state index < -0.39 is 63.4 Å². The fourth-order valence-electron chi connectivity index (χ4n) is 6.09. The molecule has 2 bridgehead atoms. The summed E-state index contributed by atoms with van der Waals surface area (Å²) in [6.07, 6.45) is -4.34. The van der Waals surface area contributed by atoms with Gasteiger partial charge in [-0.3, -0.25) is 9.78 Å². The van der Waals surface area contributed by atoms with Gasteiger partial charge in [-0.15, -0.1) is 0 Å². The number of pyridine rings is 1. The summed E-state index contributed by atoms with van der Waals surface area (Å²) in [5.74, 6) is -3.65. The molecule has 0 spiro atoms. The quantitative estimate of drug-likeness (QED) is 0.244. The molecule has 0 radical (unpaired) electrons. The minimum absolute atomic E-state index is 0.00853. The third-order valence-corrected chi connectivity index (χ3v) is 10.4. The highest BCUT2D eigenvalue weighted by Gasteiger charge is 2.39. The second kappa shape index (κ2) is 13.9. The summed E-state index contributed by atoms with van der Waals surface area (Å²) in [6.45, 7) is 0.670. The predicted molar refractivity (Wildman–Crippen MR) is 161 cm³/mol. The first kappa shape index (κ1) is 34.2. The first-order chi connectivity index (χ1) is 22.2. The molecule has 3 aromatic rings. The molecule has 2 fully saturated rings. The van der Waals surface area contributed by atoms with Gasteiger partial charge in [0.2, 0.25) is 15.9 Å². The molecule has 2 amide bonds. The number of sulfonamides is 1. The molecule has 1 aromatic heterocycles. The van der Waals surface area contributed by atoms with Gasteiger partial charge in [0.05, 0.1) is 22.9 Å². The maximum atomic E-state index is 15.2. The Balaban J connectivity index is 1.44. The van der Waals surface area contributed by atoms with Crippen LogP contribution in [0.4, 0.5) is 32.4 Å². The van der Waals surface area contributed by atoms with Crippen molar-refractivity contribution in [1.82, 2.24) is 19.9 Å². The van der Waals surface area contributed by atoms with Crippen LogP contribution in [0.5, 0.6) is 0 Å². The van der Waals surface area contributed by atoms with Gasteiger partial charge >= 0.3 is 12.3 Å². The van der Waals surface area contributed by atoms with Gasteiger partial charge in [-0.2, -0.15) is 17.5 Å². The van der Waals surface area contributed by atoms with Crippen LogP contribution in [-0.4, -0.2) is 71.8 Å². The highest BCUT2D eigenvalue weighted by atomic mass is 32.2. The van der Waals surface area contributed by atoms with Gasteiger partial charge in [0.25, 0.3) is 0 Å². The lowest BCUT2D eigenvalue weighted by Crippen LogP contribution is -2.57. The van der Waals surface area contributed by atoms with E-state index in [1.165, 1.54) is 34.6 Å². The van der Waals surface area contributed by atoms with E-state index in [4.69, 9.17) is 0 Å². The molecule has 2 saturated heterocycles. The number of anilines is 1. The summed E-state index contributed by atoms with van der Waals surface area (Å²) in [5, 5.41) is 17.6. The minimum Gasteiger partial charge on any atom is -0.465 e. The zero-order valence-corrected chi connectivity index (χ0v) is 25.6. The van der Waals surface area contributed by atoms with E-state index in [1.807, 2.05) is 0 Å². The monoisotopic (exact) mass is 681 g/mol. The van der Waals surface area contributed by atoms with Gasteiger partial charge in [-0.25, -0.2) is 22.0 Å². The number of benzene rings is 2. The molecular formula is C31H32F5N5O5S. The molecule has 2 aliphatic rings. The lowest BCUT2D eigenvalue weighted by Gasteiger charge is -2.37. The Morgan fingerprint density at radius 2 is 1.83 bits per heavy atom. The van der Waals surface area contributed by atoms with Crippen molar-refractivity contribution in [3.63, 3.8) is 0 Å². The number of fused-ring (bicyclic) bond motifs is 2. The second-order valence-electron chi connectivity index (χ2n) is 11.5. The predicted octanol–water partition coefficient (Wildman–Crippen LogP) is 4.48. The summed E-state index contributed by atoms with van der Waals surface area (Å²) in [6, 6.07) is 8.03. The second-order valence-corrected chi connectivity index (χ2v) is 13.5. The Kier molecular flexibility index (Phi) is 10.1. The normalized spacial score (nSPS) is 22.0. The zero-order chi connectivity index (χ0) is 33.9. The molecule has 5 rings (SSSR count). The molecule has 3 heterocycles. The molecule has 252 valence electrons. The molecule has 5 atom stereocenters. The van der Waals surface area contributed by atoms with E-state index in [0.717, 1.165) is 30.7 Å². The third-order valence-electron chi connectivity index (χ3n) is 8.42. The molecule has 47 heavy (non-hydrogen) atoms. The molecule has 0 aliphatic carbocycles. The van der Waals surface area contributed by atoms with Crippen molar-refractivity contribution in [2.24, 2.45) is 0 Å². The van der Waals surface area contributed by atoms with Crippen molar-refractivity contribution in [3.8, 4) is 0 Å². The van der Waals surface area contributed by atoms with Crippen LogP contribution >= 0.6 is 0 Å². The summed E-state index contributed by atoms with van der Waals surface area (Å²) in [4.78, 5) is 29.6. The SMILES string of the molecule is O=C(O)NC(C(=O)Nc1cccc(F)c1CC[C@H]1CN[C@@H]2CCCS(=O)(=O)N1C2)C(c1ccc(F)cc1)c1ccc(C(F)(F)F)cn1. The number of halogens is 5. The number of alkyl halides is 3. The van der Waals surface area contributed by atoms with E-state index in [9.17, 15) is 40.7 Å². The average Bonchev–Trinajstić information content (AvgIpc) is 3.12. The Bertz CT molecular complexity index is 1710. The van der Waals surface area contributed by atoms with Crippen LogP contribution in [0.25, 0.3) is 0 Å². The van der Waals surface area contributed by atoms with Crippen LogP contribution < -0.4 is 16.0 Å². The summed E-state index contributed by atoms with van der Waals surface area (Å²) in [7, 11) is -3.51. The van der Waals surface area contributed by atoms with E-state index in [1.54, 1.807) is 0 Å². The van der Waals surface area contributed by atoms with Crippen LogP contribution in [0.1, 0.15) is 47.6 Å². The van der Waals surface area contributed by atoms with Gasteiger partial charge < -0.3 is 21.1 Å². The smallest absolute Gasteiger partial charge is 0.417 e. The number of hydrogen-bond donors (Lipinski definition) is 4. The van der Waals surface area contributed by atoms with Crippen molar-refractivity contribution in [1.29, 1.82) is 0 Å². The Morgan fingerprint density at radius 3 is 2.49 bits per heavy atom. The van der Waals surface area contributed by atoms with Crippen molar-refractivity contribution in [2.45, 2.75) is 55.9 Å². The number of carbonyl (C=O) groups is 2. The number of piperazine rings is 1. The van der Waals surface area contributed by atoms with Crippen molar-refractivity contribution < 1.29 is 45.1 Å². The Hall–Kier alpha value is -4.15. The number of amides is 2. The number of aromatic nitrogens is 1. The van der Waals surface area contributed by atoms with Gasteiger partial charge in [0, 0.05) is 42.6 Å². The maximum Gasteiger partial charge on any atom is 0.417 e. The molecule has 16 heteroatoms. The molecule has 10 nitrogen and oxygen atoms in total. The topological polar surface area (TPSA) is 141 Å². The third kappa shape index (κ3) is 8.05. The largest absolute Gasteiger partial charge is 0.465 e. The highest BCUT2D eigenvalue weighted by molar-refractivity contribution is 7.89. The molecule has 0 saturated carbocycles. The van der Waals surface area contributed by atoms with E-state index in [2.05, 4.69) is 20.9 Å². The Labute approximate surface area is 267 Å². The molecule has 3 unspecified atom stereocenters. The number of nitrogens with one attached hydrogen (secondary N) is 3. The van der Waals surface area contributed by atoms with E-state index in [0.29, 0.717) is 25.7 Å². The highest BCUT2D eigenvalue weighted by Crippen LogP contribution is 2.33. The fraction of sp³-hybridized carbons (Fsp3) is 0.387.